The summed E-state index contributed by atoms with van der Waals surface area (Å²) in [4.78, 5) is 21.7. The molecule has 0 saturated carbocycles. The van der Waals surface area contributed by atoms with E-state index in [1.54, 1.807) is 33.2 Å². The van der Waals surface area contributed by atoms with E-state index in [2.05, 4.69) is 15.3 Å². The minimum absolute atomic E-state index is 0.0132. The van der Waals surface area contributed by atoms with Gasteiger partial charge in [-0.3, -0.25) is 4.79 Å². The Morgan fingerprint density at radius 2 is 2.11 bits per heavy atom. The predicted octanol–water partition coefficient (Wildman–Crippen LogP) is 2.17. The molecule has 0 spiro atoms. The van der Waals surface area contributed by atoms with Gasteiger partial charge < -0.3 is 10.2 Å². The molecule has 1 heterocycles. The Hall–Kier alpha value is -1.88. The van der Waals surface area contributed by atoms with Crippen LogP contribution in [0.1, 0.15) is 6.92 Å². The maximum atomic E-state index is 11.8. The van der Waals surface area contributed by atoms with Crippen LogP contribution in [-0.4, -0.2) is 40.9 Å². The summed E-state index contributed by atoms with van der Waals surface area (Å²) in [6.45, 7) is 1.80. The topological polar surface area (TPSA) is 58.1 Å². The van der Waals surface area contributed by atoms with E-state index in [0.29, 0.717) is 10.8 Å². The van der Waals surface area contributed by atoms with Gasteiger partial charge in [-0.1, -0.05) is 11.6 Å². The smallest absolute Gasteiger partial charge is 0.244 e. The third-order valence-electron chi connectivity index (χ3n) is 2.76. The van der Waals surface area contributed by atoms with Crippen LogP contribution in [0, 0.1) is 0 Å². The molecule has 1 atom stereocenters. The fourth-order valence-electron chi connectivity index (χ4n) is 1.80. The van der Waals surface area contributed by atoms with Crippen molar-refractivity contribution in [3.63, 3.8) is 0 Å². The van der Waals surface area contributed by atoms with E-state index in [4.69, 9.17) is 11.6 Å². The van der Waals surface area contributed by atoms with E-state index in [-0.39, 0.29) is 11.9 Å². The lowest BCUT2D eigenvalue weighted by atomic mass is 10.2. The van der Waals surface area contributed by atoms with Gasteiger partial charge in [-0.25, -0.2) is 9.97 Å². The minimum Gasteiger partial charge on any atom is -0.358 e. The number of carbonyl (C=O) groups excluding carboxylic acids is 1. The molecule has 6 heteroatoms. The molecule has 1 N–H and O–H groups in total. The average Bonchev–Trinajstić information content (AvgIpc) is 2.37. The standard InChI is InChI=1S/C13H15ClN4O/c1-8(13(19)18(2)3)17-12-10-5-4-9(14)6-11(10)15-7-16-12/h4-8H,1-3H3,(H,15,16,17)/t8-/m1/s1. The lowest BCUT2D eigenvalue weighted by molar-refractivity contribution is -0.129. The Morgan fingerprint density at radius 1 is 1.37 bits per heavy atom. The number of amides is 1. The molecule has 0 aliphatic carbocycles. The molecule has 0 unspecified atom stereocenters. The van der Waals surface area contributed by atoms with E-state index in [9.17, 15) is 4.79 Å². The Labute approximate surface area is 116 Å². The summed E-state index contributed by atoms with van der Waals surface area (Å²) in [6, 6.07) is 5.02. The van der Waals surface area contributed by atoms with Gasteiger partial charge in [0.2, 0.25) is 5.91 Å². The average molecular weight is 279 g/mol. The first-order valence-electron chi connectivity index (χ1n) is 5.87. The molecular formula is C13H15ClN4O. The lowest BCUT2D eigenvalue weighted by Gasteiger charge is -2.19. The zero-order valence-corrected chi connectivity index (χ0v) is 11.8. The van der Waals surface area contributed by atoms with E-state index in [1.165, 1.54) is 11.2 Å². The molecule has 0 saturated heterocycles. The first-order chi connectivity index (χ1) is 8.99. The molecular weight excluding hydrogens is 264 g/mol. The quantitative estimate of drug-likeness (QED) is 0.935. The van der Waals surface area contributed by atoms with Gasteiger partial charge in [0.15, 0.2) is 0 Å². The Balaban J connectivity index is 2.33. The van der Waals surface area contributed by atoms with Gasteiger partial charge >= 0.3 is 0 Å². The fourth-order valence-corrected chi connectivity index (χ4v) is 1.97. The SMILES string of the molecule is C[C@@H](Nc1ncnc2cc(Cl)ccc12)C(=O)N(C)C. The van der Waals surface area contributed by atoms with Gasteiger partial charge in [0.1, 0.15) is 18.2 Å². The summed E-state index contributed by atoms with van der Waals surface area (Å²) < 4.78 is 0. The van der Waals surface area contributed by atoms with Crippen molar-refractivity contribution in [1.29, 1.82) is 0 Å². The van der Waals surface area contributed by atoms with Crippen molar-refractivity contribution in [3.8, 4) is 0 Å². The number of rotatable bonds is 3. The van der Waals surface area contributed by atoms with Gasteiger partial charge in [0, 0.05) is 24.5 Å². The summed E-state index contributed by atoms with van der Waals surface area (Å²) in [6.07, 6.45) is 1.45. The van der Waals surface area contributed by atoms with Crippen molar-refractivity contribution < 1.29 is 4.79 Å². The van der Waals surface area contributed by atoms with Crippen LogP contribution in [0.25, 0.3) is 10.9 Å². The minimum atomic E-state index is -0.358. The van der Waals surface area contributed by atoms with Crippen LogP contribution in [0.5, 0.6) is 0 Å². The number of anilines is 1. The van der Waals surface area contributed by atoms with E-state index >= 15 is 0 Å². The lowest BCUT2D eigenvalue weighted by Crippen LogP contribution is -2.36. The second-order valence-corrected chi connectivity index (χ2v) is 4.92. The Morgan fingerprint density at radius 3 is 2.79 bits per heavy atom. The van der Waals surface area contributed by atoms with Gasteiger partial charge in [-0.2, -0.15) is 0 Å². The number of carbonyl (C=O) groups is 1. The maximum Gasteiger partial charge on any atom is 0.244 e. The van der Waals surface area contributed by atoms with Crippen LogP contribution in [0.3, 0.4) is 0 Å². The first-order valence-corrected chi connectivity index (χ1v) is 6.25. The van der Waals surface area contributed by atoms with Crippen LogP contribution >= 0.6 is 11.6 Å². The highest BCUT2D eigenvalue weighted by Gasteiger charge is 2.16. The largest absolute Gasteiger partial charge is 0.358 e. The third-order valence-corrected chi connectivity index (χ3v) is 3.00. The molecule has 0 bridgehead atoms. The van der Waals surface area contributed by atoms with Crippen LogP contribution in [0.15, 0.2) is 24.5 Å². The van der Waals surface area contributed by atoms with Crippen LogP contribution < -0.4 is 5.32 Å². The van der Waals surface area contributed by atoms with Gasteiger partial charge in [-0.05, 0) is 25.1 Å². The second kappa shape index (κ2) is 5.40. The molecule has 1 aromatic heterocycles. The molecule has 0 aliphatic heterocycles. The highest BCUT2D eigenvalue weighted by molar-refractivity contribution is 6.31. The monoisotopic (exact) mass is 278 g/mol. The number of hydrogen-bond donors (Lipinski definition) is 1. The highest BCUT2D eigenvalue weighted by Crippen LogP contribution is 2.22. The molecule has 2 rings (SSSR count). The van der Waals surface area contributed by atoms with Crippen LogP contribution in [0.2, 0.25) is 5.02 Å². The van der Waals surface area contributed by atoms with Crippen molar-refractivity contribution in [3.05, 3.63) is 29.5 Å². The van der Waals surface area contributed by atoms with Crippen molar-refractivity contribution >= 4 is 34.2 Å². The number of hydrogen-bond acceptors (Lipinski definition) is 4. The van der Waals surface area contributed by atoms with Gasteiger partial charge in [-0.15, -0.1) is 0 Å². The summed E-state index contributed by atoms with van der Waals surface area (Å²) in [5.74, 6) is 0.616. The first kappa shape index (κ1) is 13.5. The number of halogens is 1. The fraction of sp³-hybridized carbons (Fsp3) is 0.308. The Bertz CT molecular complexity index is 615. The maximum absolute atomic E-state index is 11.8. The van der Waals surface area contributed by atoms with Crippen molar-refractivity contribution in [2.45, 2.75) is 13.0 Å². The van der Waals surface area contributed by atoms with Gasteiger partial charge in [0.25, 0.3) is 0 Å². The highest BCUT2D eigenvalue weighted by atomic mass is 35.5. The van der Waals surface area contributed by atoms with Crippen molar-refractivity contribution in [2.75, 3.05) is 19.4 Å². The molecule has 19 heavy (non-hydrogen) atoms. The summed E-state index contributed by atoms with van der Waals surface area (Å²) >= 11 is 5.93. The van der Waals surface area contributed by atoms with Crippen LogP contribution in [-0.2, 0) is 4.79 Å². The molecule has 5 nitrogen and oxygen atoms in total. The molecule has 1 aromatic carbocycles. The molecule has 2 aromatic rings. The molecule has 1 amide bonds. The van der Waals surface area contributed by atoms with Crippen molar-refractivity contribution in [2.24, 2.45) is 0 Å². The number of aromatic nitrogens is 2. The number of fused-ring (bicyclic) bond motifs is 1. The number of benzene rings is 1. The summed E-state index contributed by atoms with van der Waals surface area (Å²) in [5.41, 5.74) is 0.745. The molecule has 0 radical (unpaired) electrons. The zero-order chi connectivity index (χ0) is 14.0. The summed E-state index contributed by atoms with van der Waals surface area (Å²) in [7, 11) is 3.44. The van der Waals surface area contributed by atoms with E-state index in [1.807, 2.05) is 6.07 Å². The van der Waals surface area contributed by atoms with E-state index < -0.39 is 0 Å². The van der Waals surface area contributed by atoms with E-state index in [0.717, 1.165) is 10.9 Å². The third kappa shape index (κ3) is 2.93. The van der Waals surface area contributed by atoms with Gasteiger partial charge in [0.05, 0.1) is 5.52 Å². The summed E-state index contributed by atoms with van der Waals surface area (Å²) in [5, 5.41) is 4.56. The number of likely N-dealkylation sites (N-methyl/N-ethyl adjacent to an activating group) is 1. The molecule has 0 fully saturated rings. The second-order valence-electron chi connectivity index (χ2n) is 4.48. The number of nitrogens with zero attached hydrogens (tertiary/aromatic N) is 3. The van der Waals surface area contributed by atoms with Crippen LogP contribution in [0.4, 0.5) is 5.82 Å². The predicted molar refractivity (Wildman–Crippen MR) is 76.3 cm³/mol. The molecule has 0 aliphatic rings. The zero-order valence-electron chi connectivity index (χ0n) is 11.0. The normalized spacial score (nSPS) is 12.2. The van der Waals surface area contributed by atoms with Crippen molar-refractivity contribution in [1.82, 2.24) is 14.9 Å². The molecule has 100 valence electrons. The Kier molecular flexibility index (Phi) is 3.85. The number of nitrogens with one attached hydrogen (secondary N) is 1.